The molecular weight excluding hydrogens is 394 g/mol. The molecule has 1 heterocycles. The largest absolute Gasteiger partial charge is 0.497 e. The fourth-order valence-electron chi connectivity index (χ4n) is 2.85. The molecule has 9 heteroatoms. The second-order valence-electron chi connectivity index (χ2n) is 6.15. The van der Waals surface area contributed by atoms with Crippen LogP contribution in [0.3, 0.4) is 0 Å². The van der Waals surface area contributed by atoms with Crippen LogP contribution >= 0.6 is 0 Å². The smallest absolute Gasteiger partial charge is 0.264 e. The molecule has 0 aliphatic heterocycles. The van der Waals surface area contributed by atoms with Gasteiger partial charge in [0.1, 0.15) is 11.5 Å². The lowest BCUT2D eigenvalue weighted by molar-refractivity contribution is 0.405. The molecule has 0 spiro atoms. The number of rotatable bonds is 7. The lowest BCUT2D eigenvalue weighted by Gasteiger charge is -2.15. The fraction of sp³-hybridized carbons (Fsp3) is 0.200. The Hall–Kier alpha value is -3.33. The number of aromatic nitrogens is 2. The number of methoxy groups -OCH3 is 2. The van der Waals surface area contributed by atoms with Crippen molar-refractivity contribution in [3.63, 3.8) is 0 Å². The van der Waals surface area contributed by atoms with E-state index < -0.39 is 10.0 Å². The van der Waals surface area contributed by atoms with E-state index in [0.29, 0.717) is 34.7 Å². The average molecular weight is 415 g/mol. The standard InChI is InChI=1S/C20H21N3O5S/c1-4-13-5-6-14(16-8-10-20(24)22-21-16)11-19(13)29(25,26)23-17-12-15(27-2)7-9-18(17)28-3/h5-12,23H,4H2,1-3H3,(H,22,24). The number of hydrogen-bond donors (Lipinski definition) is 2. The number of sulfonamides is 1. The van der Waals surface area contributed by atoms with Crippen molar-refractivity contribution in [3.05, 3.63) is 64.4 Å². The molecule has 2 N–H and O–H groups in total. The minimum Gasteiger partial charge on any atom is -0.497 e. The molecule has 8 nitrogen and oxygen atoms in total. The topological polar surface area (TPSA) is 110 Å². The van der Waals surface area contributed by atoms with Crippen molar-refractivity contribution in [2.75, 3.05) is 18.9 Å². The molecule has 0 saturated carbocycles. The highest BCUT2D eigenvalue weighted by atomic mass is 32.2. The van der Waals surface area contributed by atoms with Gasteiger partial charge >= 0.3 is 0 Å². The van der Waals surface area contributed by atoms with Crippen molar-refractivity contribution in [3.8, 4) is 22.8 Å². The van der Waals surface area contributed by atoms with Crippen LogP contribution in [-0.2, 0) is 16.4 Å². The highest BCUT2D eigenvalue weighted by molar-refractivity contribution is 7.92. The molecule has 0 bridgehead atoms. The Balaban J connectivity index is 2.07. The zero-order valence-corrected chi connectivity index (χ0v) is 17.0. The Labute approximate surface area is 168 Å². The van der Waals surface area contributed by atoms with E-state index in [0.717, 1.165) is 0 Å². The average Bonchev–Trinajstić information content (AvgIpc) is 2.73. The van der Waals surface area contributed by atoms with E-state index in [9.17, 15) is 13.2 Å². The maximum Gasteiger partial charge on any atom is 0.264 e. The van der Waals surface area contributed by atoms with E-state index in [4.69, 9.17) is 9.47 Å². The predicted molar refractivity (Wildman–Crippen MR) is 110 cm³/mol. The van der Waals surface area contributed by atoms with Gasteiger partial charge in [-0.25, -0.2) is 13.5 Å². The van der Waals surface area contributed by atoms with Gasteiger partial charge in [-0.15, -0.1) is 0 Å². The van der Waals surface area contributed by atoms with Gasteiger partial charge in [0.25, 0.3) is 15.6 Å². The third-order valence-corrected chi connectivity index (χ3v) is 5.81. The lowest BCUT2D eigenvalue weighted by Crippen LogP contribution is -2.16. The number of hydrogen-bond acceptors (Lipinski definition) is 6. The number of nitrogens with zero attached hydrogens (tertiary/aromatic N) is 1. The summed E-state index contributed by atoms with van der Waals surface area (Å²) in [5.41, 5.74) is 1.60. The van der Waals surface area contributed by atoms with Gasteiger partial charge < -0.3 is 9.47 Å². The van der Waals surface area contributed by atoms with Crippen molar-refractivity contribution >= 4 is 15.7 Å². The maximum atomic E-state index is 13.2. The molecule has 3 rings (SSSR count). The second kappa shape index (κ2) is 8.36. The van der Waals surface area contributed by atoms with Crippen LogP contribution in [0.5, 0.6) is 11.5 Å². The van der Waals surface area contributed by atoms with Gasteiger partial charge in [-0.05, 0) is 36.2 Å². The van der Waals surface area contributed by atoms with E-state index in [1.165, 1.54) is 32.4 Å². The number of aromatic amines is 1. The van der Waals surface area contributed by atoms with Crippen molar-refractivity contribution in [2.24, 2.45) is 0 Å². The van der Waals surface area contributed by atoms with Gasteiger partial charge in [0.15, 0.2) is 0 Å². The number of anilines is 1. The van der Waals surface area contributed by atoms with Crippen LogP contribution in [0, 0.1) is 0 Å². The summed E-state index contributed by atoms with van der Waals surface area (Å²) in [6, 6.07) is 12.8. The molecule has 0 radical (unpaired) electrons. The van der Waals surface area contributed by atoms with Gasteiger partial charge in [-0.1, -0.05) is 19.1 Å². The summed E-state index contributed by atoms with van der Waals surface area (Å²) < 4.78 is 39.4. The minimum atomic E-state index is -3.94. The quantitative estimate of drug-likeness (QED) is 0.614. The monoisotopic (exact) mass is 415 g/mol. The lowest BCUT2D eigenvalue weighted by atomic mass is 10.1. The molecule has 0 saturated heterocycles. The van der Waals surface area contributed by atoms with E-state index in [1.54, 1.807) is 30.3 Å². The molecule has 2 aromatic carbocycles. The Morgan fingerprint density at radius 2 is 1.83 bits per heavy atom. The molecule has 3 aromatic rings. The third kappa shape index (κ3) is 4.40. The van der Waals surface area contributed by atoms with Gasteiger partial charge in [-0.3, -0.25) is 9.52 Å². The van der Waals surface area contributed by atoms with Gasteiger partial charge in [0.05, 0.1) is 30.5 Å². The molecule has 29 heavy (non-hydrogen) atoms. The Morgan fingerprint density at radius 3 is 2.45 bits per heavy atom. The first kappa shape index (κ1) is 20.4. The first-order valence-corrected chi connectivity index (χ1v) is 10.3. The summed E-state index contributed by atoms with van der Waals surface area (Å²) in [5, 5.41) is 6.32. The van der Waals surface area contributed by atoms with Crippen LogP contribution in [0.25, 0.3) is 11.3 Å². The van der Waals surface area contributed by atoms with Crippen molar-refractivity contribution in [1.29, 1.82) is 0 Å². The zero-order valence-electron chi connectivity index (χ0n) is 16.2. The number of ether oxygens (including phenoxy) is 2. The van der Waals surface area contributed by atoms with Crippen LogP contribution in [0.4, 0.5) is 5.69 Å². The van der Waals surface area contributed by atoms with Gasteiger partial charge in [0, 0.05) is 17.7 Å². The first-order chi connectivity index (χ1) is 13.9. The van der Waals surface area contributed by atoms with Crippen molar-refractivity contribution in [2.45, 2.75) is 18.2 Å². The van der Waals surface area contributed by atoms with E-state index >= 15 is 0 Å². The van der Waals surface area contributed by atoms with Crippen LogP contribution in [0.1, 0.15) is 12.5 Å². The molecule has 0 amide bonds. The Kier molecular flexibility index (Phi) is 5.88. The Morgan fingerprint density at radius 1 is 1.03 bits per heavy atom. The second-order valence-corrected chi connectivity index (χ2v) is 7.81. The van der Waals surface area contributed by atoms with Crippen molar-refractivity contribution in [1.82, 2.24) is 10.2 Å². The van der Waals surface area contributed by atoms with Crippen LogP contribution < -0.4 is 19.8 Å². The number of H-pyrrole nitrogens is 1. The molecule has 0 atom stereocenters. The zero-order chi connectivity index (χ0) is 21.0. The fourth-order valence-corrected chi connectivity index (χ4v) is 4.25. The minimum absolute atomic E-state index is 0.121. The molecule has 0 aliphatic rings. The van der Waals surface area contributed by atoms with Gasteiger partial charge in [-0.2, -0.15) is 5.10 Å². The summed E-state index contributed by atoms with van der Waals surface area (Å²) in [7, 11) is -0.984. The highest BCUT2D eigenvalue weighted by Crippen LogP contribution is 2.32. The SMILES string of the molecule is CCc1ccc(-c2ccc(=O)[nH]n2)cc1S(=O)(=O)Nc1cc(OC)ccc1OC. The number of nitrogens with one attached hydrogen (secondary N) is 2. The normalized spacial score (nSPS) is 11.1. The molecule has 0 unspecified atom stereocenters. The first-order valence-electron chi connectivity index (χ1n) is 8.82. The summed E-state index contributed by atoms with van der Waals surface area (Å²) in [4.78, 5) is 11.4. The van der Waals surface area contributed by atoms with Crippen molar-refractivity contribution < 1.29 is 17.9 Å². The molecule has 1 aromatic heterocycles. The third-order valence-electron chi connectivity index (χ3n) is 4.36. The van der Waals surface area contributed by atoms with Crippen LogP contribution in [0.2, 0.25) is 0 Å². The van der Waals surface area contributed by atoms with Crippen LogP contribution in [0.15, 0.2) is 58.2 Å². The molecule has 0 aliphatic carbocycles. The number of aryl methyl sites for hydroxylation is 1. The maximum absolute atomic E-state index is 13.2. The summed E-state index contributed by atoms with van der Waals surface area (Å²) in [6.07, 6.45) is 0.519. The summed E-state index contributed by atoms with van der Waals surface area (Å²) >= 11 is 0. The molecule has 152 valence electrons. The predicted octanol–water partition coefficient (Wildman–Crippen LogP) is 2.82. The molecule has 0 fully saturated rings. The van der Waals surface area contributed by atoms with E-state index in [-0.39, 0.29) is 16.1 Å². The van der Waals surface area contributed by atoms with E-state index in [1.807, 2.05) is 6.92 Å². The van der Waals surface area contributed by atoms with Crippen LogP contribution in [-0.4, -0.2) is 32.8 Å². The highest BCUT2D eigenvalue weighted by Gasteiger charge is 2.21. The Bertz CT molecular complexity index is 1170. The van der Waals surface area contributed by atoms with Gasteiger partial charge in [0.2, 0.25) is 0 Å². The van der Waals surface area contributed by atoms with E-state index in [2.05, 4.69) is 14.9 Å². The summed E-state index contributed by atoms with van der Waals surface area (Å²) in [6.45, 7) is 1.87. The summed E-state index contributed by atoms with van der Waals surface area (Å²) in [5.74, 6) is 0.858. The number of benzene rings is 2. The molecular formula is C20H21N3O5S.